The number of aromatic nitrogens is 3. The molecule has 2 atom stereocenters. The highest BCUT2D eigenvalue weighted by molar-refractivity contribution is 5.73. The Bertz CT molecular complexity index is 414. The van der Waals surface area contributed by atoms with E-state index < -0.39 is 0 Å². The summed E-state index contributed by atoms with van der Waals surface area (Å²) in [5.41, 5.74) is 0.0372. The Kier molecular flexibility index (Phi) is 4.22. The second-order valence-electron chi connectivity index (χ2n) is 5.97. The van der Waals surface area contributed by atoms with Crippen molar-refractivity contribution in [1.82, 2.24) is 14.8 Å². The van der Waals surface area contributed by atoms with Crippen molar-refractivity contribution in [3.63, 3.8) is 0 Å². The summed E-state index contributed by atoms with van der Waals surface area (Å²) in [5.74, 6) is 0.581. The maximum atomic E-state index is 11.8. The van der Waals surface area contributed by atoms with E-state index in [1.165, 1.54) is 7.11 Å². The third-order valence-electron chi connectivity index (χ3n) is 4.65. The second kappa shape index (κ2) is 5.72. The lowest BCUT2D eigenvalue weighted by Crippen LogP contribution is -2.31. The highest BCUT2D eigenvalue weighted by Crippen LogP contribution is 2.49. The quantitative estimate of drug-likeness (QED) is 0.766. The fourth-order valence-electron chi connectivity index (χ4n) is 3.32. The van der Waals surface area contributed by atoms with Gasteiger partial charge in [0.2, 0.25) is 0 Å². The number of rotatable bonds is 5. The number of carbonyl (C=O) groups is 1. The zero-order valence-electron chi connectivity index (χ0n) is 12.0. The van der Waals surface area contributed by atoms with Gasteiger partial charge < -0.3 is 4.74 Å². The molecule has 19 heavy (non-hydrogen) atoms. The van der Waals surface area contributed by atoms with Gasteiger partial charge in [-0.15, -0.1) is 0 Å². The summed E-state index contributed by atoms with van der Waals surface area (Å²) in [7, 11) is 1.48. The second-order valence-corrected chi connectivity index (χ2v) is 5.97. The number of methoxy groups -OCH3 is 1. The molecule has 5 heteroatoms. The summed E-state index contributed by atoms with van der Waals surface area (Å²) < 4.78 is 6.78. The Hall–Kier alpha value is -1.39. The third-order valence-corrected chi connectivity index (χ3v) is 4.65. The molecule has 0 spiro atoms. The number of hydrogen-bond donors (Lipinski definition) is 0. The van der Waals surface area contributed by atoms with Gasteiger partial charge in [-0.25, -0.2) is 4.98 Å². The zero-order valence-corrected chi connectivity index (χ0v) is 12.0. The van der Waals surface area contributed by atoms with Crippen LogP contribution >= 0.6 is 0 Å². The summed E-state index contributed by atoms with van der Waals surface area (Å²) >= 11 is 0. The fraction of sp³-hybridized carbons (Fsp3) is 0.786. The number of aryl methyl sites for hydroxylation is 1. The van der Waals surface area contributed by atoms with Gasteiger partial charge in [0, 0.05) is 6.54 Å². The van der Waals surface area contributed by atoms with Gasteiger partial charge in [0.1, 0.15) is 12.7 Å². The van der Waals surface area contributed by atoms with Crippen LogP contribution in [0, 0.1) is 17.3 Å². The molecule has 0 aromatic carbocycles. The maximum absolute atomic E-state index is 11.8. The molecule has 1 heterocycles. The Balaban J connectivity index is 1.86. The molecule has 0 amide bonds. The minimum atomic E-state index is -0.0521. The van der Waals surface area contributed by atoms with E-state index in [2.05, 4.69) is 23.9 Å². The maximum Gasteiger partial charge on any atom is 0.309 e. The molecule has 0 bridgehead atoms. The van der Waals surface area contributed by atoms with Crippen LogP contribution in [0.4, 0.5) is 0 Å². The van der Waals surface area contributed by atoms with E-state index in [1.54, 1.807) is 12.7 Å². The minimum absolute atomic E-state index is 0.0372. The molecule has 0 N–H and O–H groups in total. The summed E-state index contributed by atoms with van der Waals surface area (Å²) in [6, 6.07) is 0. The van der Waals surface area contributed by atoms with E-state index in [0.29, 0.717) is 5.92 Å². The fourth-order valence-corrected chi connectivity index (χ4v) is 3.32. The first-order valence-electron chi connectivity index (χ1n) is 6.96. The van der Waals surface area contributed by atoms with Crippen LogP contribution in [0.1, 0.15) is 39.5 Å². The van der Waals surface area contributed by atoms with Gasteiger partial charge in [0.15, 0.2) is 0 Å². The Morgan fingerprint density at radius 3 is 2.89 bits per heavy atom. The van der Waals surface area contributed by atoms with Crippen LogP contribution in [-0.2, 0) is 16.1 Å². The monoisotopic (exact) mass is 265 g/mol. The smallest absolute Gasteiger partial charge is 0.309 e. The first kappa shape index (κ1) is 14.0. The predicted octanol–water partition coefficient (Wildman–Crippen LogP) is 2.28. The standard InChI is InChI=1S/C14H23N3O2/c1-14(2)11(6-7-12(14)13(18)19-3)5-4-8-17-10-15-9-16-17/h9-12H,4-8H2,1-3H3. The van der Waals surface area contributed by atoms with Crippen molar-refractivity contribution in [3.8, 4) is 0 Å². The number of ether oxygens (including phenoxy) is 1. The van der Waals surface area contributed by atoms with Gasteiger partial charge in [-0.3, -0.25) is 9.48 Å². The highest BCUT2D eigenvalue weighted by atomic mass is 16.5. The van der Waals surface area contributed by atoms with Crippen LogP contribution in [0.25, 0.3) is 0 Å². The van der Waals surface area contributed by atoms with E-state index >= 15 is 0 Å². The number of hydrogen-bond acceptors (Lipinski definition) is 4. The molecule has 0 radical (unpaired) electrons. The molecule has 0 aliphatic heterocycles. The molecule has 5 nitrogen and oxygen atoms in total. The number of carbonyl (C=O) groups excluding carboxylic acids is 1. The van der Waals surface area contributed by atoms with Gasteiger partial charge in [0.05, 0.1) is 13.0 Å². The van der Waals surface area contributed by atoms with Crippen LogP contribution in [0.5, 0.6) is 0 Å². The van der Waals surface area contributed by atoms with Crippen LogP contribution < -0.4 is 0 Å². The average molecular weight is 265 g/mol. The van der Waals surface area contributed by atoms with E-state index in [4.69, 9.17) is 4.74 Å². The van der Waals surface area contributed by atoms with Crippen LogP contribution in [0.2, 0.25) is 0 Å². The van der Waals surface area contributed by atoms with Gasteiger partial charge in [-0.2, -0.15) is 5.10 Å². The molecule has 1 saturated carbocycles. The van der Waals surface area contributed by atoms with Crippen LogP contribution in [0.3, 0.4) is 0 Å². The Morgan fingerprint density at radius 2 is 2.26 bits per heavy atom. The molecule has 1 aromatic heterocycles. The lowest BCUT2D eigenvalue weighted by atomic mass is 9.74. The van der Waals surface area contributed by atoms with Gasteiger partial charge in [-0.05, 0) is 37.0 Å². The van der Waals surface area contributed by atoms with Crippen molar-refractivity contribution < 1.29 is 9.53 Å². The Labute approximate surface area is 114 Å². The van der Waals surface area contributed by atoms with Crippen molar-refractivity contribution in [2.45, 2.75) is 46.1 Å². The first-order valence-corrected chi connectivity index (χ1v) is 6.96. The van der Waals surface area contributed by atoms with Crippen molar-refractivity contribution in [1.29, 1.82) is 0 Å². The van der Waals surface area contributed by atoms with Crippen LogP contribution in [0.15, 0.2) is 12.7 Å². The SMILES string of the molecule is COC(=O)C1CCC(CCCn2cncn2)C1(C)C. The summed E-state index contributed by atoms with van der Waals surface area (Å²) in [4.78, 5) is 15.7. The van der Waals surface area contributed by atoms with Gasteiger partial charge in [0.25, 0.3) is 0 Å². The lowest BCUT2D eigenvalue weighted by molar-refractivity contribution is -0.149. The van der Waals surface area contributed by atoms with Crippen molar-refractivity contribution in [2.24, 2.45) is 17.3 Å². The molecule has 1 aromatic rings. The molecule has 0 saturated heterocycles. The lowest BCUT2D eigenvalue weighted by Gasteiger charge is -2.31. The molecule has 1 aliphatic carbocycles. The molecular formula is C14H23N3O2. The third kappa shape index (κ3) is 2.96. The predicted molar refractivity (Wildman–Crippen MR) is 71.3 cm³/mol. The minimum Gasteiger partial charge on any atom is -0.469 e. The molecule has 2 rings (SSSR count). The summed E-state index contributed by atoms with van der Waals surface area (Å²) in [6.07, 6.45) is 7.58. The normalized spacial score (nSPS) is 25.4. The first-order chi connectivity index (χ1) is 9.05. The molecule has 2 unspecified atom stereocenters. The van der Waals surface area contributed by atoms with Gasteiger partial charge >= 0.3 is 5.97 Å². The zero-order chi connectivity index (χ0) is 13.9. The number of esters is 1. The largest absolute Gasteiger partial charge is 0.469 e. The molecule has 106 valence electrons. The Morgan fingerprint density at radius 1 is 1.47 bits per heavy atom. The number of nitrogens with zero attached hydrogens (tertiary/aromatic N) is 3. The average Bonchev–Trinajstić information content (AvgIpc) is 2.97. The topological polar surface area (TPSA) is 57.0 Å². The van der Waals surface area contributed by atoms with E-state index in [1.807, 2.05) is 4.68 Å². The van der Waals surface area contributed by atoms with E-state index in [9.17, 15) is 4.79 Å². The summed E-state index contributed by atoms with van der Waals surface area (Å²) in [5, 5.41) is 4.10. The summed E-state index contributed by atoms with van der Waals surface area (Å²) in [6.45, 7) is 5.29. The van der Waals surface area contributed by atoms with Gasteiger partial charge in [-0.1, -0.05) is 13.8 Å². The van der Waals surface area contributed by atoms with Crippen molar-refractivity contribution >= 4 is 5.97 Å². The van der Waals surface area contributed by atoms with E-state index in [-0.39, 0.29) is 17.3 Å². The van der Waals surface area contributed by atoms with Crippen molar-refractivity contribution in [2.75, 3.05) is 7.11 Å². The molecule has 1 aliphatic rings. The van der Waals surface area contributed by atoms with Crippen LogP contribution in [-0.4, -0.2) is 27.8 Å². The highest BCUT2D eigenvalue weighted by Gasteiger charge is 2.46. The molecule has 1 fully saturated rings. The molecular weight excluding hydrogens is 242 g/mol. The van der Waals surface area contributed by atoms with E-state index in [0.717, 1.165) is 32.2 Å². The van der Waals surface area contributed by atoms with Crippen molar-refractivity contribution in [3.05, 3.63) is 12.7 Å².